The zero-order chi connectivity index (χ0) is 27.9. The van der Waals surface area contributed by atoms with Crippen molar-refractivity contribution in [3.8, 4) is 0 Å². The predicted octanol–water partition coefficient (Wildman–Crippen LogP) is 7.10. The number of alkyl halides is 6. The van der Waals surface area contributed by atoms with Gasteiger partial charge in [-0.05, 0) is 36.2 Å². The quantitative estimate of drug-likeness (QED) is 0.252. The van der Waals surface area contributed by atoms with E-state index in [4.69, 9.17) is 34.8 Å². The number of benzene rings is 2. The first kappa shape index (κ1) is 28.3. The van der Waals surface area contributed by atoms with Crippen molar-refractivity contribution in [3.63, 3.8) is 0 Å². The van der Waals surface area contributed by atoms with E-state index in [0.29, 0.717) is 0 Å². The van der Waals surface area contributed by atoms with E-state index in [1.807, 2.05) is 0 Å². The van der Waals surface area contributed by atoms with Crippen molar-refractivity contribution in [1.29, 1.82) is 0 Å². The maximum Gasteiger partial charge on any atom is 0.433 e. The van der Waals surface area contributed by atoms with Crippen LogP contribution in [0.3, 0.4) is 0 Å². The highest BCUT2D eigenvalue weighted by molar-refractivity contribution is 6.48. The number of halogens is 9. The average Bonchev–Trinajstić information content (AvgIpc) is 3.32. The molecule has 0 saturated carbocycles. The van der Waals surface area contributed by atoms with Crippen molar-refractivity contribution in [2.24, 2.45) is 0 Å². The number of aromatic nitrogens is 2. The summed E-state index contributed by atoms with van der Waals surface area (Å²) in [5.74, 6) is -1.15. The van der Waals surface area contributed by atoms with Crippen LogP contribution in [0.4, 0.5) is 32.3 Å². The van der Waals surface area contributed by atoms with Crippen LogP contribution in [0.2, 0.25) is 15.1 Å². The largest absolute Gasteiger partial charge is 0.433 e. The summed E-state index contributed by atoms with van der Waals surface area (Å²) in [6.45, 7) is -1.61. The third-order valence-corrected chi connectivity index (χ3v) is 7.42. The normalized spacial score (nSPS) is 18.1. The third-order valence-electron chi connectivity index (χ3n) is 6.23. The molecule has 1 atom stereocenters. The number of hydrogen-bond donors (Lipinski definition) is 1. The number of carbonyl (C=O) groups excluding carboxylic acids is 1. The summed E-state index contributed by atoms with van der Waals surface area (Å²) in [7, 11) is 0. The zero-order valence-corrected chi connectivity index (χ0v) is 21.4. The molecule has 1 aliphatic heterocycles. The highest BCUT2D eigenvalue weighted by Gasteiger charge is 2.59. The van der Waals surface area contributed by atoms with Gasteiger partial charge in [-0.15, -0.1) is 0 Å². The monoisotopic (exact) mass is 596 g/mol. The summed E-state index contributed by atoms with van der Waals surface area (Å²) < 4.78 is 84.7. The van der Waals surface area contributed by atoms with E-state index in [0.717, 1.165) is 23.2 Å². The standard InChI is InChI=1S/C24H17Cl3F6N4O/c25-16-8-15(9-17(26)18(16)27)22(24(31,32)33)6-7-37(12-22)21-35-11-14(19(36-21)23(28,29)30)10-34-20(38)13-4-2-1-3-5-13/h1-5,8-9,11H,6-7,10,12H2,(H,34,38). The second-order valence-corrected chi connectivity index (χ2v) is 9.79. The van der Waals surface area contributed by atoms with Gasteiger partial charge in [0.1, 0.15) is 5.41 Å². The molecule has 14 heteroatoms. The summed E-state index contributed by atoms with van der Waals surface area (Å²) in [4.78, 5) is 20.7. The minimum Gasteiger partial charge on any atom is -0.348 e. The lowest BCUT2D eigenvalue weighted by Gasteiger charge is -2.32. The van der Waals surface area contributed by atoms with Gasteiger partial charge in [0.05, 0.1) is 15.1 Å². The molecule has 0 bridgehead atoms. The number of amides is 1. The molecule has 0 radical (unpaired) electrons. The fourth-order valence-corrected chi connectivity index (χ4v) is 4.83. The van der Waals surface area contributed by atoms with E-state index >= 15 is 0 Å². The lowest BCUT2D eigenvalue weighted by atomic mass is 9.79. The molecule has 1 aromatic heterocycles. The number of nitrogens with zero attached hydrogens (tertiary/aromatic N) is 3. The van der Waals surface area contributed by atoms with Gasteiger partial charge < -0.3 is 10.2 Å². The summed E-state index contributed by atoms with van der Waals surface area (Å²) >= 11 is 17.8. The predicted molar refractivity (Wildman–Crippen MR) is 131 cm³/mol. The van der Waals surface area contributed by atoms with Gasteiger partial charge in [0.15, 0.2) is 5.69 Å². The molecule has 1 unspecified atom stereocenters. The first-order valence-corrected chi connectivity index (χ1v) is 12.1. The van der Waals surface area contributed by atoms with Crippen LogP contribution in [0.1, 0.15) is 33.6 Å². The second kappa shape index (κ2) is 10.4. The number of anilines is 1. The lowest BCUT2D eigenvalue weighted by Crippen LogP contribution is -2.45. The Kier molecular flexibility index (Phi) is 7.75. The molecule has 0 aliphatic carbocycles. The smallest absolute Gasteiger partial charge is 0.348 e. The topological polar surface area (TPSA) is 58.1 Å². The minimum atomic E-state index is -4.96. The lowest BCUT2D eigenvalue weighted by molar-refractivity contribution is -0.184. The molecular formula is C24H17Cl3F6N4O. The van der Waals surface area contributed by atoms with Crippen LogP contribution in [0.15, 0.2) is 48.7 Å². The molecule has 1 aliphatic rings. The summed E-state index contributed by atoms with van der Waals surface area (Å²) in [6.07, 6.45) is -9.43. The van der Waals surface area contributed by atoms with Crippen LogP contribution in [-0.4, -0.2) is 35.1 Å². The molecule has 2 aromatic carbocycles. The van der Waals surface area contributed by atoms with Crippen molar-refractivity contribution in [2.45, 2.75) is 30.7 Å². The molecule has 1 fully saturated rings. The first-order valence-electron chi connectivity index (χ1n) is 11.0. The van der Waals surface area contributed by atoms with Gasteiger partial charge in [-0.3, -0.25) is 4.79 Å². The maximum absolute atomic E-state index is 14.4. The second-order valence-electron chi connectivity index (χ2n) is 8.60. The maximum atomic E-state index is 14.4. The third kappa shape index (κ3) is 5.50. The average molecular weight is 598 g/mol. The van der Waals surface area contributed by atoms with Crippen molar-refractivity contribution >= 4 is 46.7 Å². The van der Waals surface area contributed by atoms with Crippen LogP contribution < -0.4 is 10.2 Å². The Hall–Kier alpha value is -2.76. The van der Waals surface area contributed by atoms with E-state index in [1.54, 1.807) is 18.2 Å². The van der Waals surface area contributed by atoms with E-state index in [2.05, 4.69) is 15.3 Å². The van der Waals surface area contributed by atoms with Gasteiger partial charge in [-0.2, -0.15) is 26.3 Å². The fourth-order valence-electron chi connectivity index (χ4n) is 4.23. The van der Waals surface area contributed by atoms with Crippen LogP contribution in [0.25, 0.3) is 0 Å². The SMILES string of the molecule is O=C(NCc1cnc(N2CCC(c3cc(Cl)c(Cl)c(Cl)c3)(C(F)(F)F)C2)nc1C(F)(F)F)c1ccccc1. The van der Waals surface area contributed by atoms with Gasteiger partial charge in [-0.25, -0.2) is 9.97 Å². The highest BCUT2D eigenvalue weighted by atomic mass is 35.5. The molecule has 38 heavy (non-hydrogen) atoms. The van der Waals surface area contributed by atoms with Crippen molar-refractivity contribution in [1.82, 2.24) is 15.3 Å². The van der Waals surface area contributed by atoms with Crippen LogP contribution in [0.5, 0.6) is 0 Å². The van der Waals surface area contributed by atoms with E-state index in [1.165, 1.54) is 12.1 Å². The van der Waals surface area contributed by atoms with Gasteiger partial charge in [0.25, 0.3) is 5.91 Å². The molecule has 1 saturated heterocycles. The van der Waals surface area contributed by atoms with Gasteiger partial charge in [-0.1, -0.05) is 53.0 Å². The fraction of sp³-hybridized carbons (Fsp3) is 0.292. The van der Waals surface area contributed by atoms with Crippen molar-refractivity contribution < 1.29 is 31.1 Å². The summed E-state index contributed by atoms with van der Waals surface area (Å²) in [5, 5.41) is 1.88. The molecule has 202 valence electrons. The molecule has 0 spiro atoms. The molecule has 2 heterocycles. The van der Waals surface area contributed by atoms with Gasteiger partial charge >= 0.3 is 12.4 Å². The van der Waals surface area contributed by atoms with Gasteiger partial charge in [0.2, 0.25) is 5.95 Å². The molecular weight excluding hydrogens is 581 g/mol. The Morgan fingerprint density at radius 1 is 1.03 bits per heavy atom. The number of hydrogen-bond acceptors (Lipinski definition) is 4. The first-order chi connectivity index (χ1) is 17.7. The number of carbonyl (C=O) groups is 1. The van der Waals surface area contributed by atoms with Gasteiger partial charge in [0, 0.05) is 37.0 Å². The van der Waals surface area contributed by atoms with Crippen LogP contribution >= 0.6 is 34.8 Å². The Labute approximate surface area is 227 Å². The number of rotatable bonds is 5. The van der Waals surface area contributed by atoms with Crippen molar-refractivity contribution in [2.75, 3.05) is 18.0 Å². The zero-order valence-electron chi connectivity index (χ0n) is 19.1. The van der Waals surface area contributed by atoms with Crippen LogP contribution in [-0.2, 0) is 18.1 Å². The Bertz CT molecular complexity index is 1330. The van der Waals surface area contributed by atoms with E-state index in [-0.39, 0.29) is 32.7 Å². The molecule has 4 rings (SSSR count). The number of nitrogens with one attached hydrogen (secondary N) is 1. The highest BCUT2D eigenvalue weighted by Crippen LogP contribution is 2.50. The van der Waals surface area contributed by atoms with E-state index in [9.17, 15) is 31.1 Å². The molecule has 1 amide bonds. The molecule has 3 aromatic rings. The van der Waals surface area contributed by atoms with E-state index < -0.39 is 60.4 Å². The Morgan fingerprint density at radius 3 is 2.24 bits per heavy atom. The molecule has 1 N–H and O–H groups in total. The summed E-state index contributed by atoms with van der Waals surface area (Å²) in [6, 6.07) is 9.93. The minimum absolute atomic E-state index is 0.114. The van der Waals surface area contributed by atoms with Crippen molar-refractivity contribution in [3.05, 3.63) is 86.1 Å². The Morgan fingerprint density at radius 2 is 1.66 bits per heavy atom. The molecule has 5 nitrogen and oxygen atoms in total. The van der Waals surface area contributed by atoms with Crippen LogP contribution in [0, 0.1) is 0 Å². The Balaban J connectivity index is 1.64. The summed E-state index contributed by atoms with van der Waals surface area (Å²) in [5.41, 5.74) is -4.35.